The fourth-order valence-electron chi connectivity index (χ4n) is 1.92. The summed E-state index contributed by atoms with van der Waals surface area (Å²) in [7, 11) is 0. The summed E-state index contributed by atoms with van der Waals surface area (Å²) in [5.74, 6) is 2.19. The lowest BCUT2D eigenvalue weighted by Crippen LogP contribution is -2.33. The van der Waals surface area contributed by atoms with Crippen molar-refractivity contribution in [2.75, 3.05) is 13.1 Å². The maximum absolute atomic E-state index is 11.6. The number of rotatable bonds is 1. The molecule has 1 atom stereocenters. The van der Waals surface area contributed by atoms with Crippen LogP contribution in [0.15, 0.2) is 0 Å². The molecule has 2 heterocycles. The largest absolute Gasteiger partial charge is 0.328 e. The van der Waals surface area contributed by atoms with Gasteiger partial charge in [-0.2, -0.15) is 0 Å². The molecule has 0 radical (unpaired) electrons. The number of amides is 3. The molecule has 2 rings (SSSR count). The smallest absolute Gasteiger partial charge is 0.312 e. The number of nitrogens with zero attached hydrogens (tertiary/aromatic N) is 2. The summed E-state index contributed by atoms with van der Waals surface area (Å²) in [5.41, 5.74) is 0. The van der Waals surface area contributed by atoms with Crippen LogP contribution in [0.3, 0.4) is 0 Å². The molecule has 0 saturated carbocycles. The van der Waals surface area contributed by atoms with E-state index in [1.807, 2.05) is 0 Å². The molecule has 2 aliphatic heterocycles. The molecule has 13 heavy (non-hydrogen) atoms. The van der Waals surface area contributed by atoms with E-state index in [4.69, 9.17) is 6.42 Å². The highest BCUT2D eigenvalue weighted by Crippen LogP contribution is 2.26. The lowest BCUT2D eigenvalue weighted by molar-refractivity contribution is -0.127. The first-order chi connectivity index (χ1) is 6.25. The highest BCUT2D eigenvalue weighted by atomic mass is 16.2. The Bertz CT molecular complexity index is 283. The summed E-state index contributed by atoms with van der Waals surface area (Å²) >= 11 is 0. The molecule has 0 spiro atoms. The van der Waals surface area contributed by atoms with Gasteiger partial charge in [-0.3, -0.25) is 9.69 Å². The van der Waals surface area contributed by atoms with E-state index in [-0.39, 0.29) is 24.5 Å². The van der Waals surface area contributed by atoms with Crippen LogP contribution in [0.25, 0.3) is 0 Å². The van der Waals surface area contributed by atoms with Crippen LogP contribution in [0.2, 0.25) is 0 Å². The Morgan fingerprint density at radius 3 is 2.92 bits per heavy atom. The highest BCUT2D eigenvalue weighted by Gasteiger charge is 2.46. The topological polar surface area (TPSA) is 40.6 Å². The zero-order chi connectivity index (χ0) is 9.42. The van der Waals surface area contributed by atoms with Crippen LogP contribution in [-0.2, 0) is 4.79 Å². The third-order valence-electron chi connectivity index (χ3n) is 2.53. The van der Waals surface area contributed by atoms with Crippen molar-refractivity contribution in [1.29, 1.82) is 0 Å². The number of hydrogen-bond acceptors (Lipinski definition) is 2. The van der Waals surface area contributed by atoms with Crippen LogP contribution in [0.5, 0.6) is 0 Å². The van der Waals surface area contributed by atoms with Crippen molar-refractivity contribution in [3.63, 3.8) is 0 Å². The molecule has 2 fully saturated rings. The predicted molar refractivity (Wildman–Crippen MR) is 45.7 cm³/mol. The number of imide groups is 1. The molecular formula is C9H10N2O2. The van der Waals surface area contributed by atoms with Crippen molar-refractivity contribution < 1.29 is 9.59 Å². The van der Waals surface area contributed by atoms with Crippen LogP contribution >= 0.6 is 0 Å². The van der Waals surface area contributed by atoms with Gasteiger partial charge in [0.15, 0.2) is 0 Å². The zero-order valence-electron chi connectivity index (χ0n) is 7.19. The molecule has 3 amide bonds. The summed E-state index contributed by atoms with van der Waals surface area (Å²) in [6, 6.07) is -0.439. The molecule has 68 valence electrons. The van der Waals surface area contributed by atoms with Gasteiger partial charge in [0, 0.05) is 6.54 Å². The molecule has 1 unspecified atom stereocenters. The summed E-state index contributed by atoms with van der Waals surface area (Å²) < 4.78 is 0. The summed E-state index contributed by atoms with van der Waals surface area (Å²) in [6.07, 6.45) is 6.77. The molecule has 0 aromatic carbocycles. The molecule has 0 bridgehead atoms. The second-order valence-corrected chi connectivity index (χ2v) is 3.26. The van der Waals surface area contributed by atoms with E-state index in [1.165, 1.54) is 0 Å². The lowest BCUT2D eigenvalue weighted by atomic mass is 10.2. The van der Waals surface area contributed by atoms with E-state index in [1.54, 1.807) is 4.90 Å². The van der Waals surface area contributed by atoms with E-state index >= 15 is 0 Å². The Kier molecular flexibility index (Phi) is 1.73. The molecule has 0 aromatic heterocycles. The Morgan fingerprint density at radius 2 is 2.31 bits per heavy atom. The summed E-state index contributed by atoms with van der Waals surface area (Å²) in [5, 5.41) is 0. The van der Waals surface area contributed by atoms with Gasteiger partial charge >= 0.3 is 6.03 Å². The number of hydrogen-bond donors (Lipinski definition) is 0. The summed E-state index contributed by atoms with van der Waals surface area (Å²) in [6.45, 7) is 0.793. The van der Waals surface area contributed by atoms with Gasteiger partial charge in [-0.1, -0.05) is 5.92 Å². The van der Waals surface area contributed by atoms with Gasteiger partial charge in [0.2, 0.25) is 0 Å². The van der Waals surface area contributed by atoms with E-state index in [0.717, 1.165) is 17.7 Å². The minimum Gasteiger partial charge on any atom is -0.312 e. The van der Waals surface area contributed by atoms with Crippen molar-refractivity contribution in [3.8, 4) is 12.3 Å². The van der Waals surface area contributed by atoms with Gasteiger partial charge in [-0.05, 0) is 12.8 Å². The second kappa shape index (κ2) is 2.77. The van der Waals surface area contributed by atoms with Gasteiger partial charge < -0.3 is 4.90 Å². The first-order valence-corrected chi connectivity index (χ1v) is 4.31. The Labute approximate surface area is 76.5 Å². The van der Waals surface area contributed by atoms with Crippen molar-refractivity contribution in [2.45, 2.75) is 18.9 Å². The molecule has 4 heteroatoms. The normalized spacial score (nSPS) is 26.5. The van der Waals surface area contributed by atoms with Crippen LogP contribution in [0.1, 0.15) is 12.8 Å². The fourth-order valence-corrected chi connectivity index (χ4v) is 1.92. The fraction of sp³-hybridized carbons (Fsp3) is 0.556. The quantitative estimate of drug-likeness (QED) is 0.420. The molecule has 0 aliphatic carbocycles. The molecule has 2 aliphatic rings. The van der Waals surface area contributed by atoms with Gasteiger partial charge in [0.25, 0.3) is 5.91 Å². The number of urea groups is 1. The Hall–Kier alpha value is -1.50. The van der Waals surface area contributed by atoms with E-state index in [0.29, 0.717) is 6.54 Å². The van der Waals surface area contributed by atoms with Crippen molar-refractivity contribution in [2.24, 2.45) is 0 Å². The third kappa shape index (κ3) is 1.00. The van der Waals surface area contributed by atoms with E-state index < -0.39 is 0 Å². The maximum Gasteiger partial charge on any atom is 0.328 e. The Morgan fingerprint density at radius 1 is 1.54 bits per heavy atom. The minimum absolute atomic E-state index is 0.102. The minimum atomic E-state index is -0.221. The molecule has 4 nitrogen and oxygen atoms in total. The highest BCUT2D eigenvalue weighted by molar-refractivity contribution is 6.04. The van der Waals surface area contributed by atoms with Crippen LogP contribution < -0.4 is 0 Å². The lowest BCUT2D eigenvalue weighted by Gasteiger charge is -2.12. The average molecular weight is 178 g/mol. The SMILES string of the molecule is C#CCN1C(=O)C2CCCN2C1=O. The van der Waals surface area contributed by atoms with E-state index in [9.17, 15) is 9.59 Å². The molecule has 0 aromatic rings. The predicted octanol–water partition coefficient (Wildman–Crippen LogP) is 0.0462. The maximum atomic E-state index is 11.6. The molecular weight excluding hydrogens is 168 g/mol. The first-order valence-electron chi connectivity index (χ1n) is 4.31. The standard InChI is InChI=1S/C9H10N2O2/c1-2-5-11-8(12)7-4-3-6-10(7)9(11)13/h1,7H,3-6H2. The van der Waals surface area contributed by atoms with Crippen LogP contribution in [0, 0.1) is 12.3 Å². The van der Waals surface area contributed by atoms with Gasteiger partial charge in [-0.25, -0.2) is 4.79 Å². The van der Waals surface area contributed by atoms with Crippen molar-refractivity contribution in [1.82, 2.24) is 9.80 Å². The second-order valence-electron chi connectivity index (χ2n) is 3.26. The number of carbonyl (C=O) groups excluding carboxylic acids is 2. The monoisotopic (exact) mass is 178 g/mol. The molecule has 0 N–H and O–H groups in total. The van der Waals surface area contributed by atoms with E-state index in [2.05, 4.69) is 5.92 Å². The third-order valence-corrected chi connectivity index (χ3v) is 2.53. The van der Waals surface area contributed by atoms with Gasteiger partial charge in [0.1, 0.15) is 6.04 Å². The first kappa shape index (κ1) is 8.11. The number of carbonyl (C=O) groups is 2. The molecule has 2 saturated heterocycles. The van der Waals surface area contributed by atoms with Crippen LogP contribution in [-0.4, -0.2) is 40.9 Å². The number of terminal acetylenes is 1. The van der Waals surface area contributed by atoms with Gasteiger partial charge in [-0.15, -0.1) is 6.42 Å². The van der Waals surface area contributed by atoms with Crippen molar-refractivity contribution >= 4 is 11.9 Å². The Balaban J connectivity index is 2.22. The zero-order valence-corrected chi connectivity index (χ0v) is 7.19. The number of fused-ring (bicyclic) bond motifs is 1. The van der Waals surface area contributed by atoms with Crippen LogP contribution in [0.4, 0.5) is 4.79 Å². The average Bonchev–Trinajstić information content (AvgIpc) is 2.66. The van der Waals surface area contributed by atoms with Crippen molar-refractivity contribution in [3.05, 3.63) is 0 Å². The van der Waals surface area contributed by atoms with Gasteiger partial charge in [0.05, 0.1) is 6.54 Å². The summed E-state index contributed by atoms with van der Waals surface area (Å²) in [4.78, 5) is 25.8.